The maximum atomic E-state index is 4.70. The van der Waals surface area contributed by atoms with Crippen molar-refractivity contribution in [3.05, 3.63) is 11.6 Å². The summed E-state index contributed by atoms with van der Waals surface area (Å²) in [6, 6.07) is 0. The third-order valence-corrected chi connectivity index (χ3v) is 6.37. The Balaban J connectivity index is 1.60. The molecule has 0 saturated heterocycles. The van der Waals surface area contributed by atoms with E-state index in [1.54, 1.807) is 0 Å². The zero-order chi connectivity index (χ0) is 12.4. The molecule has 1 aromatic heterocycles. The Labute approximate surface area is 114 Å². The van der Waals surface area contributed by atoms with Gasteiger partial charge < -0.3 is 4.57 Å². The molecule has 4 fully saturated rings. The van der Waals surface area contributed by atoms with Gasteiger partial charge in [-0.2, -0.15) is 0 Å². The van der Waals surface area contributed by atoms with Gasteiger partial charge in [0.1, 0.15) is 11.6 Å². The van der Waals surface area contributed by atoms with Gasteiger partial charge in [0.05, 0.1) is 0 Å². The summed E-state index contributed by atoms with van der Waals surface area (Å²) >= 11 is 0. The molecular weight excluding hydrogens is 234 g/mol. The topological polar surface area (TPSA) is 30.7 Å². The molecule has 6 rings (SSSR count). The summed E-state index contributed by atoms with van der Waals surface area (Å²) in [7, 11) is 0. The Morgan fingerprint density at radius 2 is 1.58 bits per heavy atom. The molecule has 0 aromatic carbocycles. The standard InChI is InChI=1S/C16H23N3/c1-2-4-19-14(3-1)17-18-15(19)16-8-11-5-12(9-16)7-13(6-11)10-16/h11-13H,1-10H2. The molecule has 19 heavy (non-hydrogen) atoms. The largest absolute Gasteiger partial charge is 0.315 e. The molecule has 1 aromatic rings. The molecular formula is C16H23N3. The highest BCUT2D eigenvalue weighted by atomic mass is 15.3. The minimum absolute atomic E-state index is 0.428. The number of hydrogen-bond donors (Lipinski definition) is 0. The zero-order valence-electron chi connectivity index (χ0n) is 11.6. The van der Waals surface area contributed by atoms with Gasteiger partial charge in [-0.25, -0.2) is 0 Å². The molecule has 3 nitrogen and oxygen atoms in total. The van der Waals surface area contributed by atoms with Crippen molar-refractivity contribution in [1.29, 1.82) is 0 Å². The van der Waals surface area contributed by atoms with E-state index in [0.717, 1.165) is 24.2 Å². The average molecular weight is 257 g/mol. The minimum Gasteiger partial charge on any atom is -0.315 e. The summed E-state index contributed by atoms with van der Waals surface area (Å²) < 4.78 is 2.51. The predicted molar refractivity (Wildman–Crippen MR) is 72.8 cm³/mol. The number of aromatic nitrogens is 3. The average Bonchev–Trinajstić information content (AvgIpc) is 2.81. The second-order valence-electron chi connectivity index (χ2n) is 7.75. The van der Waals surface area contributed by atoms with Crippen molar-refractivity contribution in [3.8, 4) is 0 Å². The molecule has 5 aliphatic rings. The smallest absolute Gasteiger partial charge is 0.139 e. The van der Waals surface area contributed by atoms with E-state index >= 15 is 0 Å². The van der Waals surface area contributed by atoms with E-state index in [4.69, 9.17) is 5.10 Å². The van der Waals surface area contributed by atoms with E-state index < -0.39 is 0 Å². The molecule has 0 spiro atoms. The van der Waals surface area contributed by atoms with Crippen LogP contribution in [0.25, 0.3) is 0 Å². The second kappa shape index (κ2) is 3.62. The van der Waals surface area contributed by atoms with Crippen molar-refractivity contribution >= 4 is 0 Å². The fourth-order valence-electron chi connectivity index (χ4n) is 6.09. The molecule has 3 heteroatoms. The van der Waals surface area contributed by atoms with Gasteiger partial charge in [0.2, 0.25) is 0 Å². The van der Waals surface area contributed by atoms with Gasteiger partial charge in [-0.3, -0.25) is 0 Å². The van der Waals surface area contributed by atoms with Crippen LogP contribution in [0.1, 0.15) is 63.0 Å². The van der Waals surface area contributed by atoms with Crippen molar-refractivity contribution in [2.75, 3.05) is 0 Å². The van der Waals surface area contributed by atoms with Gasteiger partial charge in [0, 0.05) is 18.4 Å². The first-order valence-corrected chi connectivity index (χ1v) is 8.25. The van der Waals surface area contributed by atoms with Crippen molar-refractivity contribution in [3.63, 3.8) is 0 Å². The maximum absolute atomic E-state index is 4.70. The Hall–Kier alpha value is -0.860. The Morgan fingerprint density at radius 1 is 0.895 bits per heavy atom. The Morgan fingerprint density at radius 3 is 2.26 bits per heavy atom. The summed E-state index contributed by atoms with van der Waals surface area (Å²) in [5.41, 5.74) is 0.428. The van der Waals surface area contributed by atoms with Gasteiger partial charge in [-0.15, -0.1) is 10.2 Å². The van der Waals surface area contributed by atoms with Crippen LogP contribution in [0.2, 0.25) is 0 Å². The van der Waals surface area contributed by atoms with Gasteiger partial charge in [0.25, 0.3) is 0 Å². The number of hydrogen-bond acceptors (Lipinski definition) is 2. The van der Waals surface area contributed by atoms with E-state index in [0.29, 0.717) is 5.41 Å². The fraction of sp³-hybridized carbons (Fsp3) is 0.875. The lowest BCUT2D eigenvalue weighted by molar-refractivity contribution is -0.0114. The molecule has 0 unspecified atom stereocenters. The summed E-state index contributed by atoms with van der Waals surface area (Å²) in [6.07, 6.45) is 12.6. The first-order valence-electron chi connectivity index (χ1n) is 8.25. The molecule has 4 aliphatic carbocycles. The van der Waals surface area contributed by atoms with Crippen molar-refractivity contribution in [2.45, 2.75) is 69.7 Å². The Kier molecular flexibility index (Phi) is 2.07. The summed E-state index contributed by atoms with van der Waals surface area (Å²) in [5.74, 6) is 5.67. The van der Waals surface area contributed by atoms with Crippen molar-refractivity contribution in [1.82, 2.24) is 14.8 Å². The molecule has 2 heterocycles. The number of nitrogens with zero attached hydrogens (tertiary/aromatic N) is 3. The SMILES string of the molecule is C1CCn2c(nnc2C23CC4CC(CC(C4)C2)C3)C1. The van der Waals surface area contributed by atoms with Crippen LogP contribution in [0.5, 0.6) is 0 Å². The molecule has 4 bridgehead atoms. The number of rotatable bonds is 1. The Bertz CT molecular complexity index is 481. The molecule has 0 N–H and O–H groups in total. The quantitative estimate of drug-likeness (QED) is 0.774. The highest BCUT2D eigenvalue weighted by molar-refractivity contribution is 5.19. The van der Waals surface area contributed by atoms with Crippen LogP contribution in [0.3, 0.4) is 0 Å². The van der Waals surface area contributed by atoms with Crippen LogP contribution >= 0.6 is 0 Å². The first kappa shape index (κ1) is 10.9. The molecule has 0 amide bonds. The monoisotopic (exact) mass is 257 g/mol. The lowest BCUT2D eigenvalue weighted by Gasteiger charge is -2.56. The van der Waals surface area contributed by atoms with Crippen LogP contribution in [-0.4, -0.2) is 14.8 Å². The summed E-state index contributed by atoms with van der Waals surface area (Å²) in [6.45, 7) is 1.18. The highest BCUT2D eigenvalue weighted by Crippen LogP contribution is 2.60. The molecule has 1 aliphatic heterocycles. The first-order chi connectivity index (χ1) is 9.32. The van der Waals surface area contributed by atoms with Gasteiger partial charge >= 0.3 is 0 Å². The third kappa shape index (κ3) is 1.45. The normalized spacial score (nSPS) is 43.5. The lowest BCUT2D eigenvalue weighted by atomic mass is 9.49. The van der Waals surface area contributed by atoms with Gasteiger partial charge in [-0.05, 0) is 69.1 Å². The molecule has 0 atom stereocenters. The van der Waals surface area contributed by atoms with E-state index in [-0.39, 0.29) is 0 Å². The zero-order valence-corrected chi connectivity index (χ0v) is 11.6. The maximum Gasteiger partial charge on any atom is 0.139 e. The van der Waals surface area contributed by atoms with Gasteiger partial charge in [0.15, 0.2) is 0 Å². The third-order valence-electron chi connectivity index (χ3n) is 6.37. The van der Waals surface area contributed by atoms with E-state index in [9.17, 15) is 0 Å². The van der Waals surface area contributed by atoms with E-state index in [1.165, 1.54) is 69.6 Å². The fourth-order valence-corrected chi connectivity index (χ4v) is 6.09. The van der Waals surface area contributed by atoms with Crippen molar-refractivity contribution in [2.24, 2.45) is 17.8 Å². The summed E-state index contributed by atoms with van der Waals surface area (Å²) in [5, 5.41) is 9.23. The van der Waals surface area contributed by atoms with Crippen LogP contribution in [0, 0.1) is 17.8 Å². The van der Waals surface area contributed by atoms with E-state index in [2.05, 4.69) is 9.67 Å². The van der Waals surface area contributed by atoms with Crippen LogP contribution < -0.4 is 0 Å². The lowest BCUT2D eigenvalue weighted by Crippen LogP contribution is -2.50. The van der Waals surface area contributed by atoms with Crippen LogP contribution in [0.15, 0.2) is 0 Å². The van der Waals surface area contributed by atoms with Gasteiger partial charge in [-0.1, -0.05) is 0 Å². The van der Waals surface area contributed by atoms with Crippen LogP contribution in [0.4, 0.5) is 0 Å². The number of aryl methyl sites for hydroxylation is 1. The highest BCUT2D eigenvalue weighted by Gasteiger charge is 2.53. The molecule has 4 saturated carbocycles. The summed E-state index contributed by atoms with van der Waals surface area (Å²) in [4.78, 5) is 0. The number of fused-ring (bicyclic) bond motifs is 1. The predicted octanol–water partition coefficient (Wildman–Crippen LogP) is 3.08. The van der Waals surface area contributed by atoms with Crippen LogP contribution in [-0.2, 0) is 18.4 Å². The molecule has 102 valence electrons. The minimum atomic E-state index is 0.428. The second-order valence-corrected chi connectivity index (χ2v) is 7.75. The molecule has 0 radical (unpaired) electrons. The van der Waals surface area contributed by atoms with Crippen molar-refractivity contribution < 1.29 is 0 Å². The van der Waals surface area contributed by atoms with E-state index in [1.807, 2.05) is 0 Å².